The zero-order valence-corrected chi connectivity index (χ0v) is 11.3. The molecule has 7 heteroatoms. The molecule has 0 radical (unpaired) electrons. The normalized spacial score (nSPS) is 21.9. The SMILES string of the molecule is COC(=O)C1CC(O)CN1C(=O)c1ccn(C)c(=O)c1. The molecule has 108 valence electrons. The third-order valence-electron chi connectivity index (χ3n) is 3.36. The average Bonchev–Trinajstić information content (AvgIpc) is 2.82. The minimum atomic E-state index is -0.813. The molecule has 0 aliphatic carbocycles. The molecule has 0 bridgehead atoms. The highest BCUT2D eigenvalue weighted by atomic mass is 16.5. The maximum absolute atomic E-state index is 12.3. The fourth-order valence-corrected chi connectivity index (χ4v) is 2.25. The molecule has 1 aromatic rings. The van der Waals surface area contributed by atoms with E-state index in [4.69, 9.17) is 0 Å². The van der Waals surface area contributed by atoms with Crippen LogP contribution in [0.3, 0.4) is 0 Å². The van der Waals surface area contributed by atoms with Crippen molar-refractivity contribution in [2.24, 2.45) is 7.05 Å². The van der Waals surface area contributed by atoms with Crippen LogP contribution in [0, 0.1) is 0 Å². The van der Waals surface area contributed by atoms with Crippen LogP contribution in [0.1, 0.15) is 16.8 Å². The summed E-state index contributed by atoms with van der Waals surface area (Å²) in [6.45, 7) is 0.0494. The number of hydrogen-bond donors (Lipinski definition) is 1. The first-order valence-corrected chi connectivity index (χ1v) is 6.17. The van der Waals surface area contributed by atoms with Gasteiger partial charge in [0.2, 0.25) is 0 Å². The zero-order valence-electron chi connectivity index (χ0n) is 11.3. The summed E-state index contributed by atoms with van der Waals surface area (Å²) in [5, 5.41) is 9.64. The molecule has 2 unspecified atom stereocenters. The standard InChI is InChI=1S/C13H16N2O5/c1-14-4-3-8(5-11(14)17)12(18)15-7-9(16)6-10(15)13(19)20-2/h3-5,9-10,16H,6-7H2,1-2H3. The third kappa shape index (κ3) is 2.57. The smallest absolute Gasteiger partial charge is 0.328 e. The summed E-state index contributed by atoms with van der Waals surface area (Å²) in [4.78, 5) is 36.8. The molecular weight excluding hydrogens is 264 g/mol. The lowest BCUT2D eigenvalue weighted by molar-refractivity contribution is -0.145. The van der Waals surface area contributed by atoms with E-state index < -0.39 is 24.0 Å². The number of rotatable bonds is 2. The Bertz CT molecular complexity index is 595. The van der Waals surface area contributed by atoms with Crippen LogP contribution in [0.5, 0.6) is 0 Å². The molecule has 0 saturated carbocycles. The van der Waals surface area contributed by atoms with Gasteiger partial charge in [-0.05, 0) is 6.07 Å². The van der Waals surface area contributed by atoms with E-state index in [0.29, 0.717) is 0 Å². The van der Waals surface area contributed by atoms with Crippen molar-refractivity contribution >= 4 is 11.9 Å². The van der Waals surface area contributed by atoms with Gasteiger partial charge < -0.3 is 19.3 Å². The summed E-state index contributed by atoms with van der Waals surface area (Å²) >= 11 is 0. The molecule has 1 aliphatic rings. The molecule has 1 fully saturated rings. The number of carbonyl (C=O) groups is 2. The molecule has 1 aromatic heterocycles. The summed E-state index contributed by atoms with van der Waals surface area (Å²) in [6.07, 6.45) is 0.855. The van der Waals surface area contributed by atoms with Gasteiger partial charge in [0.1, 0.15) is 6.04 Å². The van der Waals surface area contributed by atoms with Crippen molar-refractivity contribution in [1.29, 1.82) is 0 Å². The Morgan fingerprint density at radius 3 is 2.75 bits per heavy atom. The third-order valence-corrected chi connectivity index (χ3v) is 3.36. The molecule has 0 aromatic carbocycles. The van der Waals surface area contributed by atoms with E-state index in [0.717, 1.165) is 0 Å². The fraction of sp³-hybridized carbons (Fsp3) is 0.462. The van der Waals surface area contributed by atoms with Crippen LogP contribution >= 0.6 is 0 Å². The van der Waals surface area contributed by atoms with Crippen molar-refractivity contribution in [2.75, 3.05) is 13.7 Å². The Morgan fingerprint density at radius 2 is 2.15 bits per heavy atom. The van der Waals surface area contributed by atoms with E-state index >= 15 is 0 Å². The van der Waals surface area contributed by atoms with Gasteiger partial charge in [-0.25, -0.2) is 4.79 Å². The first-order valence-electron chi connectivity index (χ1n) is 6.17. The van der Waals surface area contributed by atoms with Gasteiger partial charge in [-0.15, -0.1) is 0 Å². The second-order valence-corrected chi connectivity index (χ2v) is 4.75. The van der Waals surface area contributed by atoms with Gasteiger partial charge in [0.05, 0.1) is 13.2 Å². The highest BCUT2D eigenvalue weighted by Gasteiger charge is 2.39. The number of aliphatic hydroxyl groups is 1. The second kappa shape index (κ2) is 5.46. The number of aliphatic hydroxyl groups excluding tert-OH is 1. The number of β-amino-alcohol motifs (C(OH)–C–C–N with tert-alkyl or cyclic N) is 1. The molecule has 1 saturated heterocycles. The lowest BCUT2D eigenvalue weighted by atomic mass is 10.2. The Balaban J connectivity index is 2.28. The van der Waals surface area contributed by atoms with Crippen molar-refractivity contribution < 1.29 is 19.4 Å². The first-order chi connectivity index (χ1) is 9.43. The predicted octanol–water partition coefficient (Wildman–Crippen LogP) is -0.866. The molecule has 7 nitrogen and oxygen atoms in total. The Hall–Kier alpha value is -2.15. The maximum Gasteiger partial charge on any atom is 0.328 e. The van der Waals surface area contributed by atoms with Crippen molar-refractivity contribution in [3.63, 3.8) is 0 Å². The number of amides is 1. The Morgan fingerprint density at radius 1 is 1.45 bits per heavy atom. The van der Waals surface area contributed by atoms with Gasteiger partial charge in [-0.2, -0.15) is 0 Å². The number of aryl methyl sites for hydroxylation is 1. The molecule has 0 spiro atoms. The van der Waals surface area contributed by atoms with E-state index in [1.165, 1.54) is 34.9 Å². The van der Waals surface area contributed by atoms with Gasteiger partial charge in [-0.3, -0.25) is 9.59 Å². The number of esters is 1. The number of carbonyl (C=O) groups excluding carboxylic acids is 2. The van der Waals surface area contributed by atoms with E-state index in [1.54, 1.807) is 7.05 Å². The average molecular weight is 280 g/mol. The minimum Gasteiger partial charge on any atom is -0.467 e. The topological polar surface area (TPSA) is 88.8 Å². The highest BCUT2D eigenvalue weighted by molar-refractivity contribution is 5.97. The summed E-state index contributed by atoms with van der Waals surface area (Å²) < 4.78 is 5.97. The van der Waals surface area contributed by atoms with Gasteiger partial charge in [0.25, 0.3) is 11.5 Å². The van der Waals surface area contributed by atoms with Crippen LogP contribution < -0.4 is 5.56 Å². The van der Waals surface area contributed by atoms with E-state index in [1.807, 2.05) is 0 Å². The second-order valence-electron chi connectivity index (χ2n) is 4.75. The van der Waals surface area contributed by atoms with Crippen LogP contribution in [0.2, 0.25) is 0 Å². The number of hydrogen-bond acceptors (Lipinski definition) is 5. The number of ether oxygens (including phenoxy) is 1. The highest BCUT2D eigenvalue weighted by Crippen LogP contribution is 2.21. The zero-order chi connectivity index (χ0) is 14.9. The van der Waals surface area contributed by atoms with Crippen LogP contribution in [-0.2, 0) is 16.6 Å². The molecule has 2 rings (SSSR count). The number of pyridine rings is 1. The molecule has 1 amide bonds. The monoisotopic (exact) mass is 280 g/mol. The lowest BCUT2D eigenvalue weighted by Gasteiger charge is -2.22. The van der Waals surface area contributed by atoms with Gasteiger partial charge in [0, 0.05) is 37.8 Å². The summed E-state index contributed by atoms with van der Waals surface area (Å²) in [7, 11) is 2.81. The molecular formula is C13H16N2O5. The summed E-state index contributed by atoms with van der Waals surface area (Å²) in [5.41, 5.74) is -0.124. The van der Waals surface area contributed by atoms with Crippen molar-refractivity contribution in [3.05, 3.63) is 34.2 Å². The van der Waals surface area contributed by atoms with Crippen LogP contribution in [0.4, 0.5) is 0 Å². The Labute approximate surface area is 115 Å². The quantitative estimate of drug-likeness (QED) is 0.712. The molecule has 1 N–H and O–H groups in total. The Kier molecular flexibility index (Phi) is 3.89. The van der Waals surface area contributed by atoms with E-state index in [9.17, 15) is 19.5 Å². The molecule has 1 aliphatic heterocycles. The van der Waals surface area contributed by atoms with Crippen molar-refractivity contribution in [2.45, 2.75) is 18.6 Å². The van der Waals surface area contributed by atoms with Gasteiger partial charge in [-0.1, -0.05) is 0 Å². The van der Waals surface area contributed by atoms with E-state index in [2.05, 4.69) is 4.74 Å². The number of aromatic nitrogens is 1. The minimum absolute atomic E-state index is 0.0494. The fourth-order valence-electron chi connectivity index (χ4n) is 2.25. The van der Waals surface area contributed by atoms with E-state index in [-0.39, 0.29) is 24.1 Å². The van der Waals surface area contributed by atoms with Gasteiger partial charge >= 0.3 is 5.97 Å². The summed E-state index contributed by atoms with van der Waals surface area (Å²) in [5.74, 6) is -1.03. The largest absolute Gasteiger partial charge is 0.467 e. The number of nitrogens with zero attached hydrogens (tertiary/aromatic N) is 2. The number of likely N-dealkylation sites (tertiary alicyclic amines) is 1. The molecule has 20 heavy (non-hydrogen) atoms. The van der Waals surface area contributed by atoms with Crippen LogP contribution in [0.15, 0.2) is 23.1 Å². The number of methoxy groups -OCH3 is 1. The van der Waals surface area contributed by atoms with Crippen molar-refractivity contribution in [3.8, 4) is 0 Å². The lowest BCUT2D eigenvalue weighted by Crippen LogP contribution is -2.41. The predicted molar refractivity (Wildman–Crippen MR) is 69.1 cm³/mol. The molecule has 2 heterocycles. The maximum atomic E-state index is 12.3. The van der Waals surface area contributed by atoms with Crippen LogP contribution in [0.25, 0.3) is 0 Å². The van der Waals surface area contributed by atoms with Gasteiger partial charge in [0.15, 0.2) is 0 Å². The molecule has 2 atom stereocenters. The van der Waals surface area contributed by atoms with Crippen LogP contribution in [-0.4, -0.2) is 52.3 Å². The summed E-state index contributed by atoms with van der Waals surface area (Å²) in [6, 6.07) is 1.90. The van der Waals surface area contributed by atoms with Crippen molar-refractivity contribution in [1.82, 2.24) is 9.47 Å². The first kappa shape index (κ1) is 14.3.